The molecule has 0 saturated heterocycles. The van der Waals surface area contributed by atoms with Gasteiger partial charge in [-0.3, -0.25) is 0 Å². The van der Waals surface area contributed by atoms with Gasteiger partial charge in [-0.1, -0.05) is 11.6 Å². The number of nitrogens with two attached hydrogens (primary N) is 1. The van der Waals surface area contributed by atoms with Crippen molar-refractivity contribution in [2.24, 2.45) is 5.14 Å². The van der Waals surface area contributed by atoms with Crippen LogP contribution >= 0.6 is 27.5 Å². The Morgan fingerprint density at radius 1 is 1.46 bits per heavy atom. The van der Waals surface area contributed by atoms with Crippen LogP contribution < -0.4 is 5.14 Å². The molecule has 0 aliphatic carbocycles. The molecule has 1 aromatic carbocycles. The maximum Gasteiger partial charge on any atom is 0.241 e. The molecule has 0 aliphatic rings. The number of primary sulfonamides is 1. The highest BCUT2D eigenvalue weighted by Crippen LogP contribution is 2.26. The van der Waals surface area contributed by atoms with Gasteiger partial charge >= 0.3 is 0 Å². The quantitative estimate of drug-likeness (QED) is 0.802. The molecule has 0 atom stereocenters. The molecule has 0 radical (unpaired) electrons. The van der Waals surface area contributed by atoms with Gasteiger partial charge in [-0.05, 0) is 28.1 Å². The van der Waals surface area contributed by atoms with Gasteiger partial charge in [0.25, 0.3) is 0 Å². The number of hydrogen-bond donors (Lipinski definition) is 1. The first-order valence-electron chi connectivity index (χ1n) is 2.99. The van der Waals surface area contributed by atoms with Crippen LogP contribution in [0.25, 0.3) is 0 Å². The number of sulfonamides is 1. The summed E-state index contributed by atoms with van der Waals surface area (Å²) in [6, 6.07) is 2.20. The highest BCUT2D eigenvalue weighted by atomic mass is 79.9. The molecule has 0 amide bonds. The normalized spacial score (nSPS) is 11.7. The third-order valence-corrected chi connectivity index (χ3v) is 2.97. The van der Waals surface area contributed by atoms with Crippen molar-refractivity contribution >= 4 is 37.6 Å². The average Bonchev–Trinajstić information content (AvgIpc) is 1.94. The Hall–Kier alpha value is -0.170. The summed E-state index contributed by atoms with van der Waals surface area (Å²) >= 11 is 8.32. The lowest BCUT2D eigenvalue weighted by Gasteiger charge is -2.02. The zero-order valence-electron chi connectivity index (χ0n) is 6.09. The SMILES string of the molecule is NS(=O)(=O)c1cc(Cl)cc(Br)c1F. The smallest absolute Gasteiger partial charge is 0.225 e. The van der Waals surface area contributed by atoms with Gasteiger partial charge < -0.3 is 0 Å². The second-order valence-electron chi connectivity index (χ2n) is 2.24. The third-order valence-electron chi connectivity index (χ3n) is 1.27. The lowest BCUT2D eigenvalue weighted by molar-refractivity contribution is 0.564. The Labute approximate surface area is 87.9 Å². The van der Waals surface area contributed by atoms with Crippen molar-refractivity contribution in [3.05, 3.63) is 27.4 Å². The summed E-state index contributed by atoms with van der Waals surface area (Å²) in [7, 11) is -4.07. The average molecular weight is 289 g/mol. The van der Waals surface area contributed by atoms with Gasteiger partial charge in [0.15, 0.2) is 5.82 Å². The number of hydrogen-bond acceptors (Lipinski definition) is 2. The molecule has 0 fully saturated rings. The van der Waals surface area contributed by atoms with Crippen molar-refractivity contribution in [1.82, 2.24) is 0 Å². The first-order valence-corrected chi connectivity index (χ1v) is 5.71. The lowest BCUT2D eigenvalue weighted by atomic mass is 10.3. The van der Waals surface area contributed by atoms with Crippen LogP contribution in [0.3, 0.4) is 0 Å². The van der Waals surface area contributed by atoms with Crippen molar-refractivity contribution < 1.29 is 12.8 Å². The van der Waals surface area contributed by atoms with E-state index in [0.717, 1.165) is 6.07 Å². The largest absolute Gasteiger partial charge is 0.241 e. The summed E-state index contributed by atoms with van der Waals surface area (Å²) < 4.78 is 34.7. The third kappa shape index (κ3) is 2.40. The Morgan fingerprint density at radius 2 is 2.00 bits per heavy atom. The highest BCUT2D eigenvalue weighted by molar-refractivity contribution is 9.10. The van der Waals surface area contributed by atoms with Gasteiger partial charge in [0, 0.05) is 5.02 Å². The van der Waals surface area contributed by atoms with E-state index in [1.165, 1.54) is 6.07 Å². The van der Waals surface area contributed by atoms with Crippen LogP contribution in [0.5, 0.6) is 0 Å². The molecule has 0 heterocycles. The maximum absolute atomic E-state index is 13.1. The summed E-state index contributed by atoms with van der Waals surface area (Å²) in [5, 5.41) is 4.84. The number of halogens is 3. The molecule has 0 bridgehead atoms. The zero-order valence-corrected chi connectivity index (χ0v) is 9.25. The molecule has 3 nitrogen and oxygen atoms in total. The van der Waals surface area contributed by atoms with E-state index in [4.69, 9.17) is 16.7 Å². The molecule has 0 unspecified atom stereocenters. The molecule has 1 rings (SSSR count). The monoisotopic (exact) mass is 287 g/mol. The zero-order chi connectivity index (χ0) is 10.2. The molecule has 0 spiro atoms. The topological polar surface area (TPSA) is 60.2 Å². The standard InChI is InChI=1S/C6H4BrClFNO2S/c7-4-1-3(8)2-5(6(4)9)13(10,11)12/h1-2H,(H2,10,11,12). The molecule has 7 heteroatoms. The van der Waals surface area contributed by atoms with Crippen LogP contribution in [-0.2, 0) is 10.0 Å². The minimum atomic E-state index is -4.07. The van der Waals surface area contributed by atoms with Gasteiger partial charge in [-0.25, -0.2) is 17.9 Å². The van der Waals surface area contributed by atoms with E-state index in [0.29, 0.717) is 0 Å². The van der Waals surface area contributed by atoms with E-state index in [2.05, 4.69) is 15.9 Å². The lowest BCUT2D eigenvalue weighted by Crippen LogP contribution is -2.14. The molecule has 2 N–H and O–H groups in total. The van der Waals surface area contributed by atoms with Crippen LogP contribution in [0.1, 0.15) is 0 Å². The van der Waals surface area contributed by atoms with Crippen molar-refractivity contribution in [1.29, 1.82) is 0 Å². The van der Waals surface area contributed by atoms with Crippen LogP contribution in [0.15, 0.2) is 21.5 Å². The number of rotatable bonds is 1. The van der Waals surface area contributed by atoms with Crippen molar-refractivity contribution in [3.8, 4) is 0 Å². The second kappa shape index (κ2) is 3.53. The number of benzene rings is 1. The summed E-state index contributed by atoms with van der Waals surface area (Å²) in [6.07, 6.45) is 0. The van der Waals surface area contributed by atoms with Gasteiger partial charge in [-0.2, -0.15) is 0 Å². The Kier molecular flexibility index (Phi) is 2.96. The van der Waals surface area contributed by atoms with E-state index in [9.17, 15) is 12.8 Å². The van der Waals surface area contributed by atoms with Crippen molar-refractivity contribution in [2.75, 3.05) is 0 Å². The van der Waals surface area contributed by atoms with Crippen molar-refractivity contribution in [2.45, 2.75) is 4.90 Å². The Balaban J connectivity index is 3.56. The van der Waals surface area contributed by atoms with E-state index >= 15 is 0 Å². The predicted molar refractivity (Wildman–Crippen MR) is 50.5 cm³/mol. The van der Waals surface area contributed by atoms with E-state index in [-0.39, 0.29) is 9.50 Å². The van der Waals surface area contributed by atoms with E-state index in [1.54, 1.807) is 0 Å². The molecule has 0 saturated carbocycles. The molecular weight excluding hydrogens is 284 g/mol. The van der Waals surface area contributed by atoms with Gasteiger partial charge in [-0.15, -0.1) is 0 Å². The van der Waals surface area contributed by atoms with Crippen LogP contribution in [0.2, 0.25) is 5.02 Å². The fourth-order valence-corrected chi connectivity index (χ4v) is 2.40. The van der Waals surface area contributed by atoms with Gasteiger partial charge in [0.05, 0.1) is 4.47 Å². The van der Waals surface area contributed by atoms with E-state index < -0.39 is 20.7 Å². The Bertz CT molecular complexity index is 448. The fourth-order valence-electron chi connectivity index (χ4n) is 0.739. The van der Waals surface area contributed by atoms with E-state index in [1.807, 2.05) is 0 Å². The van der Waals surface area contributed by atoms with Crippen LogP contribution in [0.4, 0.5) is 4.39 Å². The van der Waals surface area contributed by atoms with Crippen LogP contribution in [-0.4, -0.2) is 8.42 Å². The first kappa shape index (κ1) is 10.9. The summed E-state index contributed by atoms with van der Waals surface area (Å²) in [6.45, 7) is 0. The summed E-state index contributed by atoms with van der Waals surface area (Å²) in [4.78, 5) is -0.619. The minimum absolute atomic E-state index is 0.0379. The predicted octanol–water partition coefficient (Wildman–Crippen LogP) is 1.89. The second-order valence-corrected chi connectivity index (χ2v) is 5.07. The summed E-state index contributed by atoms with van der Waals surface area (Å²) in [5.41, 5.74) is 0. The molecular formula is C6H4BrClFNO2S. The highest BCUT2D eigenvalue weighted by Gasteiger charge is 2.17. The minimum Gasteiger partial charge on any atom is -0.225 e. The fraction of sp³-hybridized carbons (Fsp3) is 0. The maximum atomic E-state index is 13.1. The van der Waals surface area contributed by atoms with Crippen molar-refractivity contribution in [3.63, 3.8) is 0 Å². The van der Waals surface area contributed by atoms with Gasteiger partial charge in [0.1, 0.15) is 4.90 Å². The van der Waals surface area contributed by atoms with Crippen LogP contribution in [0, 0.1) is 5.82 Å². The molecule has 1 aromatic rings. The van der Waals surface area contributed by atoms with Gasteiger partial charge in [0.2, 0.25) is 10.0 Å². The molecule has 72 valence electrons. The Morgan fingerprint density at radius 3 is 2.46 bits per heavy atom. The molecule has 0 aliphatic heterocycles. The molecule has 13 heavy (non-hydrogen) atoms. The summed E-state index contributed by atoms with van der Waals surface area (Å²) in [5.74, 6) is -0.938. The molecule has 0 aromatic heterocycles. The first-order chi connectivity index (χ1) is 5.82.